The minimum atomic E-state index is -0.170. The van der Waals surface area contributed by atoms with E-state index in [1.165, 1.54) is 10.6 Å². The van der Waals surface area contributed by atoms with Crippen molar-refractivity contribution in [3.05, 3.63) is 143 Å². The second-order valence-corrected chi connectivity index (χ2v) is 10.3. The predicted molar refractivity (Wildman–Crippen MR) is 163 cm³/mol. The van der Waals surface area contributed by atoms with Gasteiger partial charge < -0.3 is 0 Å². The van der Waals surface area contributed by atoms with Crippen LogP contribution in [0.2, 0.25) is 0 Å². The Morgan fingerprint density at radius 3 is 2.05 bits per heavy atom. The third kappa shape index (κ3) is 4.78. The number of carbonyl (C=O) groups is 1. The van der Waals surface area contributed by atoms with E-state index in [1.807, 2.05) is 108 Å². The Morgan fingerprint density at radius 2 is 1.40 bits per heavy atom. The molecule has 0 saturated carbocycles. The fraction of sp³-hybridized carbons (Fsp3) is 0.114. The summed E-state index contributed by atoms with van der Waals surface area (Å²) in [5.74, 6) is 0.209. The molecule has 0 spiro atoms. The number of hydrogen-bond donors (Lipinski definition) is 0. The molecule has 0 aliphatic carbocycles. The molecule has 1 amide bonds. The molecular weight excluding hydrogens is 492 g/mol. The summed E-state index contributed by atoms with van der Waals surface area (Å²) in [5.41, 5.74) is 8.84. The molecule has 5 heteroatoms. The summed E-state index contributed by atoms with van der Waals surface area (Å²) < 4.78 is 1.89. The summed E-state index contributed by atoms with van der Waals surface area (Å²) in [6.07, 6.45) is 3.95. The average molecular weight is 523 g/mol. The molecule has 0 unspecified atom stereocenters. The van der Waals surface area contributed by atoms with Crippen LogP contribution >= 0.6 is 0 Å². The second kappa shape index (κ2) is 10.6. The summed E-state index contributed by atoms with van der Waals surface area (Å²) in [6, 6.07) is 36.0. The number of aromatic nitrogens is 2. The fourth-order valence-corrected chi connectivity index (χ4v) is 4.92. The highest BCUT2D eigenvalue weighted by Crippen LogP contribution is 2.33. The van der Waals surface area contributed by atoms with Crippen molar-refractivity contribution in [2.24, 2.45) is 5.10 Å². The van der Waals surface area contributed by atoms with Gasteiger partial charge >= 0.3 is 0 Å². The largest absolute Gasteiger partial charge is 0.281 e. The predicted octanol–water partition coefficient (Wildman–Crippen LogP) is 7.81. The first kappa shape index (κ1) is 25.3. The van der Waals surface area contributed by atoms with Gasteiger partial charge in [0.2, 0.25) is 0 Å². The van der Waals surface area contributed by atoms with Crippen molar-refractivity contribution >= 4 is 23.4 Å². The number of para-hydroxylation sites is 2. The molecule has 1 aromatic heterocycles. The Morgan fingerprint density at radius 1 is 0.775 bits per heavy atom. The topological polar surface area (TPSA) is 50.5 Å². The van der Waals surface area contributed by atoms with E-state index >= 15 is 0 Å². The van der Waals surface area contributed by atoms with Crippen LogP contribution in [0.4, 0.5) is 5.69 Å². The quantitative estimate of drug-likeness (QED) is 0.214. The Hall–Kier alpha value is -5.03. The standard InChI is InChI=1S/C35H30N4O/c1-24(2)27-20-19-25(3)31(21-27)34-28(23-38(36-34)29-15-9-5-10-16-29)22-32-33(26-13-7-4-8-14-26)37-39(35(32)40)30-17-11-6-12-18-30/h4-24H,1-3H3/b32-22-. The highest BCUT2D eigenvalue weighted by molar-refractivity contribution is 6.37. The van der Waals surface area contributed by atoms with Crippen molar-refractivity contribution in [3.63, 3.8) is 0 Å². The van der Waals surface area contributed by atoms with Crippen LogP contribution in [-0.2, 0) is 4.79 Å². The molecule has 0 N–H and O–H groups in total. The van der Waals surface area contributed by atoms with Gasteiger partial charge in [-0.25, -0.2) is 4.68 Å². The van der Waals surface area contributed by atoms with Gasteiger partial charge in [0.15, 0.2) is 0 Å². The zero-order chi connectivity index (χ0) is 27.6. The zero-order valence-electron chi connectivity index (χ0n) is 22.8. The van der Waals surface area contributed by atoms with Gasteiger partial charge in [-0.1, -0.05) is 92.7 Å². The van der Waals surface area contributed by atoms with E-state index in [0.29, 0.717) is 17.2 Å². The highest BCUT2D eigenvalue weighted by Gasteiger charge is 2.32. The Kier molecular flexibility index (Phi) is 6.71. The fourth-order valence-electron chi connectivity index (χ4n) is 4.92. The minimum absolute atomic E-state index is 0.170. The molecule has 4 aromatic carbocycles. The molecule has 0 bridgehead atoms. The summed E-state index contributed by atoms with van der Waals surface area (Å²) in [5, 5.41) is 11.4. The number of benzene rings is 4. The lowest BCUT2D eigenvalue weighted by atomic mass is 9.94. The summed E-state index contributed by atoms with van der Waals surface area (Å²) >= 11 is 0. The molecule has 0 fully saturated rings. The average Bonchev–Trinajstić information content (AvgIpc) is 3.56. The number of carbonyl (C=O) groups excluding carboxylic acids is 1. The lowest BCUT2D eigenvalue weighted by molar-refractivity contribution is -0.114. The molecule has 0 radical (unpaired) electrons. The first-order valence-corrected chi connectivity index (χ1v) is 13.5. The van der Waals surface area contributed by atoms with Crippen LogP contribution in [0.15, 0.2) is 126 Å². The van der Waals surface area contributed by atoms with Crippen LogP contribution in [0.5, 0.6) is 0 Å². The summed E-state index contributed by atoms with van der Waals surface area (Å²) in [6.45, 7) is 6.49. The van der Waals surface area contributed by atoms with E-state index in [-0.39, 0.29) is 5.91 Å². The molecule has 2 heterocycles. The maximum Gasteiger partial charge on any atom is 0.281 e. The Balaban J connectivity index is 1.55. The molecule has 5 nitrogen and oxygen atoms in total. The van der Waals surface area contributed by atoms with E-state index in [4.69, 9.17) is 10.2 Å². The van der Waals surface area contributed by atoms with Gasteiger partial charge in [-0.15, -0.1) is 0 Å². The van der Waals surface area contributed by atoms with Crippen molar-refractivity contribution in [3.8, 4) is 16.9 Å². The molecule has 1 aliphatic rings. The SMILES string of the molecule is Cc1ccc(C(C)C)cc1-c1nn(-c2ccccc2)cc1/C=C1\C(=O)N(c2ccccc2)N=C1c1ccccc1. The monoisotopic (exact) mass is 522 g/mol. The van der Waals surface area contributed by atoms with Gasteiger partial charge in [-0.05, 0) is 60.4 Å². The number of rotatable bonds is 6. The van der Waals surface area contributed by atoms with Crippen molar-refractivity contribution in [1.82, 2.24) is 9.78 Å². The maximum atomic E-state index is 13.9. The molecule has 0 saturated heterocycles. The van der Waals surface area contributed by atoms with Crippen molar-refractivity contribution in [1.29, 1.82) is 0 Å². The van der Waals surface area contributed by atoms with Crippen LogP contribution in [0, 0.1) is 6.92 Å². The van der Waals surface area contributed by atoms with Gasteiger partial charge in [-0.2, -0.15) is 15.2 Å². The van der Waals surface area contributed by atoms with Gasteiger partial charge in [0.25, 0.3) is 5.91 Å². The van der Waals surface area contributed by atoms with E-state index in [9.17, 15) is 4.79 Å². The summed E-state index contributed by atoms with van der Waals surface area (Å²) in [7, 11) is 0. The third-order valence-corrected chi connectivity index (χ3v) is 7.17. The van der Waals surface area contributed by atoms with E-state index in [1.54, 1.807) is 0 Å². The van der Waals surface area contributed by atoms with Crippen molar-refractivity contribution in [2.45, 2.75) is 26.7 Å². The number of hydrogen-bond acceptors (Lipinski definition) is 3. The lowest BCUT2D eigenvalue weighted by Gasteiger charge is -2.11. The molecule has 6 rings (SSSR count). The molecular formula is C35H30N4O. The van der Waals surface area contributed by atoms with Crippen LogP contribution in [0.25, 0.3) is 23.0 Å². The second-order valence-electron chi connectivity index (χ2n) is 10.3. The maximum absolute atomic E-state index is 13.9. The number of aryl methyl sites for hydroxylation is 1. The van der Waals surface area contributed by atoms with Crippen LogP contribution in [-0.4, -0.2) is 21.4 Å². The van der Waals surface area contributed by atoms with Crippen molar-refractivity contribution < 1.29 is 4.79 Å². The van der Waals surface area contributed by atoms with Crippen LogP contribution in [0.3, 0.4) is 0 Å². The number of anilines is 1. The zero-order valence-corrected chi connectivity index (χ0v) is 22.8. The van der Waals surface area contributed by atoms with Gasteiger partial charge in [-0.3, -0.25) is 4.79 Å². The number of nitrogens with zero attached hydrogens (tertiary/aromatic N) is 4. The van der Waals surface area contributed by atoms with Gasteiger partial charge in [0.1, 0.15) is 11.4 Å². The normalized spacial score (nSPS) is 14.3. The first-order chi connectivity index (χ1) is 19.5. The molecule has 196 valence electrons. The van der Waals surface area contributed by atoms with Gasteiger partial charge in [0.05, 0.1) is 16.9 Å². The van der Waals surface area contributed by atoms with E-state index in [0.717, 1.165) is 39.3 Å². The highest BCUT2D eigenvalue weighted by atomic mass is 16.2. The molecule has 5 aromatic rings. The first-order valence-electron chi connectivity index (χ1n) is 13.5. The number of hydrazone groups is 1. The summed E-state index contributed by atoms with van der Waals surface area (Å²) in [4.78, 5) is 13.9. The molecule has 0 atom stereocenters. The van der Waals surface area contributed by atoms with Gasteiger partial charge in [0, 0.05) is 22.9 Å². The van der Waals surface area contributed by atoms with Crippen LogP contribution < -0.4 is 5.01 Å². The Labute approximate surface area is 234 Å². The lowest BCUT2D eigenvalue weighted by Crippen LogP contribution is -2.21. The smallest absolute Gasteiger partial charge is 0.267 e. The van der Waals surface area contributed by atoms with Crippen LogP contribution in [0.1, 0.15) is 42.0 Å². The van der Waals surface area contributed by atoms with Crippen molar-refractivity contribution in [2.75, 3.05) is 5.01 Å². The molecule has 40 heavy (non-hydrogen) atoms. The number of amides is 1. The Bertz CT molecular complexity index is 1730. The van der Waals surface area contributed by atoms with E-state index in [2.05, 4.69) is 39.0 Å². The van der Waals surface area contributed by atoms with E-state index < -0.39 is 0 Å². The minimum Gasteiger partial charge on any atom is -0.267 e. The third-order valence-electron chi connectivity index (χ3n) is 7.17. The molecule has 1 aliphatic heterocycles.